The van der Waals surface area contributed by atoms with Crippen molar-refractivity contribution in [1.29, 1.82) is 0 Å². The number of nitro benzene ring substituents is 1. The van der Waals surface area contributed by atoms with Crippen LogP contribution < -0.4 is 0 Å². The van der Waals surface area contributed by atoms with Crippen molar-refractivity contribution in [2.24, 2.45) is 5.92 Å². The molecule has 10 nitrogen and oxygen atoms in total. The van der Waals surface area contributed by atoms with Crippen LogP contribution in [-0.2, 0) is 11.3 Å². The number of ether oxygens (including phenoxy) is 1. The number of aliphatic hydroxyl groups excluding tert-OH is 1. The lowest BCUT2D eigenvalue weighted by Crippen LogP contribution is -2.49. The maximum absolute atomic E-state index is 13.3. The van der Waals surface area contributed by atoms with Crippen LogP contribution in [-0.4, -0.2) is 88.6 Å². The number of likely N-dealkylation sites (tertiary alicyclic amines) is 1. The third kappa shape index (κ3) is 8.06. The SMILES string of the molecule is CN(C(=O)c1ccccc1)C1CC(CN2CCC(N(CCO)C(=O)OCc3ccc([N+](=O)[O-])cc3)CC2)C(c2ccccc2)C1. The van der Waals surface area contributed by atoms with Crippen LogP contribution in [0.1, 0.15) is 53.1 Å². The van der Waals surface area contributed by atoms with Crippen LogP contribution in [0.4, 0.5) is 10.5 Å². The zero-order chi connectivity index (χ0) is 31.8. The van der Waals surface area contributed by atoms with E-state index in [0.29, 0.717) is 23.0 Å². The van der Waals surface area contributed by atoms with E-state index < -0.39 is 11.0 Å². The lowest BCUT2D eigenvalue weighted by molar-refractivity contribution is -0.384. The van der Waals surface area contributed by atoms with Gasteiger partial charge in [-0.1, -0.05) is 48.5 Å². The van der Waals surface area contributed by atoms with Gasteiger partial charge in [-0.3, -0.25) is 14.9 Å². The molecule has 1 saturated carbocycles. The smallest absolute Gasteiger partial charge is 0.410 e. The molecule has 45 heavy (non-hydrogen) atoms. The van der Waals surface area contributed by atoms with Gasteiger partial charge in [-0.2, -0.15) is 0 Å². The quantitative estimate of drug-likeness (QED) is 0.229. The first-order chi connectivity index (χ1) is 21.8. The normalized spacial score (nSPS) is 20.4. The number of rotatable bonds is 11. The van der Waals surface area contributed by atoms with Gasteiger partial charge < -0.3 is 24.5 Å². The summed E-state index contributed by atoms with van der Waals surface area (Å²) in [5.74, 6) is 0.790. The Hall–Kier alpha value is -4.28. The molecule has 1 N–H and O–H groups in total. The summed E-state index contributed by atoms with van der Waals surface area (Å²) in [6.07, 6.45) is 2.90. The van der Waals surface area contributed by atoms with E-state index in [1.807, 2.05) is 48.3 Å². The standard InChI is InChI=1S/C35H42N4O6/c1-36(34(41)28-10-6-3-7-11-28)32-22-29(33(23-32)27-8-4-2-5-9-27)24-37-18-16-30(17-19-37)38(20-21-40)35(42)45-25-26-12-14-31(15-13-26)39(43)44/h2-15,29-30,32-33,40H,16-25H2,1H3. The molecule has 2 amide bonds. The molecule has 1 aliphatic carbocycles. The van der Waals surface area contributed by atoms with Crippen LogP contribution in [0.5, 0.6) is 0 Å². The molecule has 3 aromatic carbocycles. The molecule has 2 aliphatic rings. The van der Waals surface area contributed by atoms with Gasteiger partial charge in [0, 0.05) is 63.0 Å². The van der Waals surface area contributed by atoms with Crippen molar-refractivity contribution >= 4 is 17.7 Å². The van der Waals surface area contributed by atoms with Gasteiger partial charge in [-0.15, -0.1) is 0 Å². The lowest BCUT2D eigenvalue weighted by atomic mass is 9.88. The van der Waals surface area contributed by atoms with Gasteiger partial charge in [0.1, 0.15) is 6.61 Å². The number of carbonyl (C=O) groups is 2. The predicted molar refractivity (Wildman–Crippen MR) is 171 cm³/mol. The van der Waals surface area contributed by atoms with Crippen molar-refractivity contribution in [3.8, 4) is 0 Å². The van der Waals surface area contributed by atoms with Crippen LogP contribution in [0.25, 0.3) is 0 Å². The number of amides is 2. The molecule has 1 heterocycles. The molecule has 10 heteroatoms. The molecule has 2 fully saturated rings. The number of non-ortho nitro benzene ring substituents is 1. The Morgan fingerprint density at radius 3 is 2.20 bits per heavy atom. The van der Waals surface area contributed by atoms with Gasteiger partial charge in [-0.25, -0.2) is 4.79 Å². The van der Waals surface area contributed by atoms with Crippen molar-refractivity contribution in [1.82, 2.24) is 14.7 Å². The average molecular weight is 615 g/mol. The van der Waals surface area contributed by atoms with E-state index in [1.54, 1.807) is 17.0 Å². The van der Waals surface area contributed by atoms with Crippen molar-refractivity contribution in [3.05, 3.63) is 112 Å². The Bertz CT molecular complexity index is 1410. The molecule has 3 aromatic rings. The molecule has 0 radical (unpaired) electrons. The largest absolute Gasteiger partial charge is 0.445 e. The van der Waals surface area contributed by atoms with E-state index in [9.17, 15) is 24.8 Å². The topological polar surface area (TPSA) is 116 Å². The number of aliphatic hydroxyl groups is 1. The van der Waals surface area contributed by atoms with E-state index >= 15 is 0 Å². The molecule has 3 unspecified atom stereocenters. The highest BCUT2D eigenvalue weighted by Gasteiger charge is 2.40. The predicted octanol–water partition coefficient (Wildman–Crippen LogP) is 5.32. The minimum atomic E-state index is -0.491. The summed E-state index contributed by atoms with van der Waals surface area (Å²) in [5, 5.41) is 20.6. The second-order valence-electron chi connectivity index (χ2n) is 12.1. The van der Waals surface area contributed by atoms with E-state index in [4.69, 9.17) is 4.74 Å². The third-order valence-corrected chi connectivity index (χ3v) is 9.36. The van der Waals surface area contributed by atoms with Gasteiger partial charge in [-0.05, 0) is 72.9 Å². The number of hydrogen-bond donors (Lipinski definition) is 1. The zero-order valence-corrected chi connectivity index (χ0v) is 25.7. The molecule has 3 atom stereocenters. The Morgan fingerprint density at radius 2 is 1.58 bits per heavy atom. The number of nitro groups is 1. The molecule has 1 saturated heterocycles. The first-order valence-corrected chi connectivity index (χ1v) is 15.7. The van der Waals surface area contributed by atoms with E-state index in [1.165, 1.54) is 17.7 Å². The summed E-state index contributed by atoms with van der Waals surface area (Å²) in [5.41, 5.74) is 2.66. The summed E-state index contributed by atoms with van der Waals surface area (Å²) in [6, 6.07) is 26.1. The second-order valence-corrected chi connectivity index (χ2v) is 12.1. The molecule has 1 aliphatic heterocycles. The average Bonchev–Trinajstić information content (AvgIpc) is 3.50. The van der Waals surface area contributed by atoms with E-state index in [0.717, 1.165) is 45.3 Å². The molecular formula is C35H42N4O6. The fraction of sp³-hybridized carbons (Fsp3) is 0.429. The number of nitrogens with zero attached hydrogens (tertiary/aromatic N) is 4. The van der Waals surface area contributed by atoms with Crippen molar-refractivity contribution in [2.45, 2.75) is 50.3 Å². The fourth-order valence-electron chi connectivity index (χ4n) is 6.89. The Morgan fingerprint density at radius 1 is 0.933 bits per heavy atom. The van der Waals surface area contributed by atoms with Crippen LogP contribution in [0, 0.1) is 16.0 Å². The lowest BCUT2D eigenvalue weighted by Gasteiger charge is -2.39. The third-order valence-electron chi connectivity index (χ3n) is 9.36. The molecule has 0 aromatic heterocycles. The monoisotopic (exact) mass is 614 g/mol. The van der Waals surface area contributed by atoms with Crippen LogP contribution in [0.2, 0.25) is 0 Å². The number of hydrogen-bond acceptors (Lipinski definition) is 7. The minimum absolute atomic E-state index is 0.00252. The maximum atomic E-state index is 13.3. The molecule has 0 bridgehead atoms. The molecular weight excluding hydrogens is 572 g/mol. The number of carbonyl (C=O) groups excluding carboxylic acids is 2. The number of piperidine rings is 1. The van der Waals surface area contributed by atoms with Crippen LogP contribution >= 0.6 is 0 Å². The van der Waals surface area contributed by atoms with Gasteiger partial charge in [0.15, 0.2) is 0 Å². The Balaban J connectivity index is 1.18. The summed E-state index contributed by atoms with van der Waals surface area (Å²) < 4.78 is 5.54. The first kappa shape index (κ1) is 32.1. The summed E-state index contributed by atoms with van der Waals surface area (Å²) in [6.45, 7) is 2.59. The molecule has 5 rings (SSSR count). The summed E-state index contributed by atoms with van der Waals surface area (Å²) in [4.78, 5) is 42.8. The highest BCUT2D eigenvalue weighted by molar-refractivity contribution is 5.94. The van der Waals surface area contributed by atoms with Gasteiger partial charge in [0.2, 0.25) is 0 Å². The summed E-state index contributed by atoms with van der Waals surface area (Å²) >= 11 is 0. The molecule has 238 valence electrons. The van der Waals surface area contributed by atoms with Gasteiger partial charge >= 0.3 is 6.09 Å². The highest BCUT2D eigenvalue weighted by Crippen LogP contribution is 2.42. The fourth-order valence-corrected chi connectivity index (χ4v) is 6.89. The van der Waals surface area contributed by atoms with Crippen LogP contribution in [0.3, 0.4) is 0 Å². The van der Waals surface area contributed by atoms with E-state index in [2.05, 4.69) is 29.2 Å². The number of benzene rings is 3. The minimum Gasteiger partial charge on any atom is -0.445 e. The van der Waals surface area contributed by atoms with Crippen molar-refractivity contribution < 1.29 is 24.4 Å². The van der Waals surface area contributed by atoms with E-state index in [-0.39, 0.29) is 43.4 Å². The Labute approximate surface area is 264 Å². The maximum Gasteiger partial charge on any atom is 0.410 e. The first-order valence-electron chi connectivity index (χ1n) is 15.7. The van der Waals surface area contributed by atoms with Crippen LogP contribution in [0.15, 0.2) is 84.9 Å². The van der Waals surface area contributed by atoms with Crippen molar-refractivity contribution in [3.63, 3.8) is 0 Å². The molecule has 0 spiro atoms. The van der Waals surface area contributed by atoms with Gasteiger partial charge in [0.05, 0.1) is 11.5 Å². The Kier molecular flexibility index (Phi) is 10.8. The van der Waals surface area contributed by atoms with Crippen molar-refractivity contribution in [2.75, 3.05) is 39.8 Å². The van der Waals surface area contributed by atoms with Gasteiger partial charge in [0.25, 0.3) is 11.6 Å². The second kappa shape index (κ2) is 15.1. The highest BCUT2D eigenvalue weighted by atomic mass is 16.6. The zero-order valence-electron chi connectivity index (χ0n) is 25.7. The summed E-state index contributed by atoms with van der Waals surface area (Å²) in [7, 11) is 1.92.